The van der Waals surface area contributed by atoms with E-state index in [9.17, 15) is 9.59 Å². The molecule has 0 saturated carbocycles. The molecule has 5 nitrogen and oxygen atoms in total. The quantitative estimate of drug-likeness (QED) is 0.847. The number of likely N-dealkylation sites (tertiary alicyclic amines) is 1. The van der Waals surface area contributed by atoms with Crippen LogP contribution in [0.5, 0.6) is 0 Å². The minimum absolute atomic E-state index is 0.0316. The number of aromatic nitrogens is 1. The zero-order chi connectivity index (χ0) is 17.8. The second kappa shape index (κ2) is 7.97. The number of thiazole rings is 1. The number of nitrogens with zero attached hydrogens (tertiary/aromatic N) is 2. The fourth-order valence-electron chi connectivity index (χ4n) is 3.10. The summed E-state index contributed by atoms with van der Waals surface area (Å²) < 4.78 is 0. The van der Waals surface area contributed by atoms with Gasteiger partial charge in [-0.15, -0.1) is 11.3 Å². The van der Waals surface area contributed by atoms with Gasteiger partial charge < -0.3 is 10.0 Å². The number of halogens is 1. The maximum absolute atomic E-state index is 12.8. The van der Waals surface area contributed by atoms with Crippen LogP contribution in [0, 0.1) is 5.92 Å². The van der Waals surface area contributed by atoms with Gasteiger partial charge >= 0.3 is 5.97 Å². The van der Waals surface area contributed by atoms with Crippen LogP contribution >= 0.6 is 22.9 Å². The number of carboxylic acid groups (broad SMARTS) is 1. The van der Waals surface area contributed by atoms with Crippen molar-refractivity contribution in [3.63, 3.8) is 0 Å². The fraction of sp³-hybridized carbons (Fsp3) is 0.389. The van der Waals surface area contributed by atoms with Gasteiger partial charge in [0.05, 0.1) is 11.2 Å². The van der Waals surface area contributed by atoms with E-state index in [2.05, 4.69) is 4.98 Å². The van der Waals surface area contributed by atoms with Crippen LogP contribution in [-0.4, -0.2) is 40.0 Å². The average Bonchev–Trinajstić information content (AvgIpc) is 3.10. The van der Waals surface area contributed by atoms with Crippen molar-refractivity contribution in [1.82, 2.24) is 9.88 Å². The first kappa shape index (κ1) is 17.9. The zero-order valence-electron chi connectivity index (χ0n) is 13.7. The Bertz CT molecular complexity index is 777. The highest BCUT2D eigenvalue weighted by Crippen LogP contribution is 2.32. The molecule has 3 rings (SSSR count). The SMILES string of the molecule is O=C(O)CC[C@H]1CCCN(C(=O)c2cnc(-c3ccccc3Cl)s2)C1. The summed E-state index contributed by atoms with van der Waals surface area (Å²) in [6, 6.07) is 7.44. The first-order valence-electron chi connectivity index (χ1n) is 8.26. The van der Waals surface area contributed by atoms with E-state index in [0.29, 0.717) is 29.4 Å². The van der Waals surface area contributed by atoms with E-state index in [1.165, 1.54) is 11.3 Å². The number of hydrogen-bond acceptors (Lipinski definition) is 4. The molecular weight excluding hydrogens is 360 g/mol. The van der Waals surface area contributed by atoms with Crippen LogP contribution in [0.3, 0.4) is 0 Å². The molecule has 132 valence electrons. The third kappa shape index (κ3) is 4.38. The van der Waals surface area contributed by atoms with Gasteiger partial charge in [0.25, 0.3) is 5.91 Å². The number of hydrogen-bond donors (Lipinski definition) is 1. The monoisotopic (exact) mass is 378 g/mol. The number of carboxylic acids is 1. The minimum atomic E-state index is -0.782. The van der Waals surface area contributed by atoms with Gasteiger partial charge in [0.15, 0.2) is 0 Å². The number of carbonyl (C=O) groups excluding carboxylic acids is 1. The Morgan fingerprint density at radius 1 is 1.36 bits per heavy atom. The maximum atomic E-state index is 12.8. The molecule has 2 aromatic rings. The molecule has 7 heteroatoms. The third-order valence-corrected chi connectivity index (χ3v) is 5.74. The molecular formula is C18H19ClN2O3S. The van der Waals surface area contributed by atoms with Crippen molar-refractivity contribution in [3.8, 4) is 10.6 Å². The summed E-state index contributed by atoms with van der Waals surface area (Å²) >= 11 is 7.54. The average molecular weight is 379 g/mol. The molecule has 1 aromatic carbocycles. The highest BCUT2D eigenvalue weighted by atomic mass is 35.5. The molecule has 1 amide bonds. The van der Waals surface area contributed by atoms with E-state index < -0.39 is 5.97 Å². The molecule has 0 radical (unpaired) electrons. The van der Waals surface area contributed by atoms with Crippen molar-refractivity contribution in [2.45, 2.75) is 25.7 Å². The largest absolute Gasteiger partial charge is 0.481 e. The Morgan fingerprint density at radius 2 is 2.16 bits per heavy atom. The van der Waals surface area contributed by atoms with Crippen LogP contribution in [0.4, 0.5) is 0 Å². The Labute approximate surface area is 155 Å². The smallest absolute Gasteiger partial charge is 0.303 e. The van der Waals surface area contributed by atoms with E-state index >= 15 is 0 Å². The first-order chi connectivity index (χ1) is 12.0. The fourth-order valence-corrected chi connectivity index (χ4v) is 4.31. The second-order valence-corrected chi connectivity index (χ2v) is 7.64. The van der Waals surface area contributed by atoms with Crippen molar-refractivity contribution in [1.29, 1.82) is 0 Å². The number of aliphatic carboxylic acids is 1. The number of carbonyl (C=O) groups is 2. The highest BCUT2D eigenvalue weighted by Gasteiger charge is 2.26. The van der Waals surface area contributed by atoms with Crippen LogP contribution in [-0.2, 0) is 4.79 Å². The van der Waals surface area contributed by atoms with Gasteiger partial charge in [0.2, 0.25) is 0 Å². The van der Waals surface area contributed by atoms with Crippen molar-refractivity contribution in [2.75, 3.05) is 13.1 Å². The Morgan fingerprint density at radius 3 is 2.92 bits per heavy atom. The Balaban J connectivity index is 1.69. The lowest BCUT2D eigenvalue weighted by Gasteiger charge is -2.32. The van der Waals surface area contributed by atoms with Gasteiger partial charge in [-0.2, -0.15) is 0 Å². The van der Waals surface area contributed by atoms with E-state index in [4.69, 9.17) is 16.7 Å². The van der Waals surface area contributed by atoms with Crippen molar-refractivity contribution in [3.05, 3.63) is 40.4 Å². The summed E-state index contributed by atoms with van der Waals surface area (Å²) in [5.41, 5.74) is 0.825. The van der Waals surface area contributed by atoms with E-state index in [1.54, 1.807) is 12.3 Å². The zero-order valence-corrected chi connectivity index (χ0v) is 15.2. The van der Waals surface area contributed by atoms with Gasteiger partial charge in [-0.25, -0.2) is 4.98 Å². The summed E-state index contributed by atoms with van der Waals surface area (Å²) in [4.78, 5) is 30.3. The van der Waals surface area contributed by atoms with Crippen LogP contribution in [0.1, 0.15) is 35.4 Å². The molecule has 1 fully saturated rings. The summed E-state index contributed by atoms with van der Waals surface area (Å²) in [5.74, 6) is -0.559. The van der Waals surface area contributed by atoms with Crippen LogP contribution < -0.4 is 0 Å². The van der Waals surface area contributed by atoms with Crippen LogP contribution in [0.15, 0.2) is 30.5 Å². The molecule has 25 heavy (non-hydrogen) atoms. The predicted molar refractivity (Wildman–Crippen MR) is 98.1 cm³/mol. The van der Waals surface area contributed by atoms with Gasteiger partial charge in [-0.1, -0.05) is 29.8 Å². The van der Waals surface area contributed by atoms with E-state index in [1.807, 2.05) is 23.1 Å². The first-order valence-corrected chi connectivity index (χ1v) is 9.46. The molecule has 1 aromatic heterocycles. The summed E-state index contributed by atoms with van der Waals surface area (Å²) in [7, 11) is 0. The second-order valence-electron chi connectivity index (χ2n) is 6.20. The van der Waals surface area contributed by atoms with Gasteiger partial charge in [0, 0.05) is 25.1 Å². The van der Waals surface area contributed by atoms with Crippen molar-refractivity contribution in [2.24, 2.45) is 5.92 Å². The third-order valence-electron chi connectivity index (χ3n) is 4.39. The van der Waals surface area contributed by atoms with Gasteiger partial charge in [0.1, 0.15) is 9.88 Å². The Hall–Kier alpha value is -1.92. The molecule has 1 N–H and O–H groups in total. The number of amides is 1. The van der Waals surface area contributed by atoms with E-state index in [0.717, 1.165) is 23.4 Å². The van der Waals surface area contributed by atoms with E-state index in [-0.39, 0.29) is 18.2 Å². The number of benzene rings is 1. The lowest BCUT2D eigenvalue weighted by Crippen LogP contribution is -2.39. The summed E-state index contributed by atoms with van der Waals surface area (Å²) in [6.45, 7) is 1.33. The molecule has 0 aliphatic carbocycles. The summed E-state index contributed by atoms with van der Waals surface area (Å²) in [5, 5.41) is 10.2. The normalized spacial score (nSPS) is 17.5. The van der Waals surface area contributed by atoms with Crippen LogP contribution in [0.2, 0.25) is 5.02 Å². The topological polar surface area (TPSA) is 70.5 Å². The minimum Gasteiger partial charge on any atom is -0.481 e. The highest BCUT2D eigenvalue weighted by molar-refractivity contribution is 7.17. The molecule has 2 heterocycles. The maximum Gasteiger partial charge on any atom is 0.303 e. The number of piperidine rings is 1. The molecule has 0 spiro atoms. The lowest BCUT2D eigenvalue weighted by molar-refractivity contribution is -0.137. The summed E-state index contributed by atoms with van der Waals surface area (Å²) in [6.07, 6.45) is 4.26. The van der Waals surface area contributed by atoms with Crippen LogP contribution in [0.25, 0.3) is 10.6 Å². The molecule has 1 saturated heterocycles. The standard InChI is InChI=1S/C18H19ClN2O3S/c19-14-6-2-1-5-13(14)17-20-10-15(25-17)18(24)21-9-3-4-12(11-21)7-8-16(22)23/h1-2,5-6,10,12H,3-4,7-9,11H2,(H,22,23)/t12-/m1/s1. The Kier molecular flexibility index (Phi) is 5.71. The van der Waals surface area contributed by atoms with Gasteiger partial charge in [-0.3, -0.25) is 9.59 Å². The molecule has 0 unspecified atom stereocenters. The predicted octanol–water partition coefficient (Wildman–Crippen LogP) is 4.18. The van der Waals surface area contributed by atoms with Crippen molar-refractivity contribution < 1.29 is 14.7 Å². The molecule has 0 bridgehead atoms. The number of rotatable bonds is 5. The molecule has 1 atom stereocenters. The molecule has 1 aliphatic heterocycles. The van der Waals surface area contributed by atoms with Gasteiger partial charge in [-0.05, 0) is 31.2 Å². The lowest BCUT2D eigenvalue weighted by atomic mass is 9.93. The molecule has 1 aliphatic rings. The van der Waals surface area contributed by atoms with Crippen molar-refractivity contribution >= 4 is 34.8 Å².